The fraction of sp³-hybridized carbons (Fsp3) is 0.176. The summed E-state index contributed by atoms with van der Waals surface area (Å²) in [6, 6.07) is 8.02. The zero-order valence-electron chi connectivity index (χ0n) is 13.4. The van der Waals surface area contributed by atoms with Crippen molar-refractivity contribution in [1.82, 2.24) is 0 Å². The number of hydrogen-bond donors (Lipinski definition) is 1. The number of rotatable bonds is 5. The molecular formula is C17H13ClF3NO4. The number of carbonyl (C=O) groups is 2. The van der Waals surface area contributed by atoms with E-state index in [0.717, 1.165) is 24.3 Å². The predicted molar refractivity (Wildman–Crippen MR) is 88.4 cm³/mol. The Bertz CT molecular complexity index is 807. The van der Waals surface area contributed by atoms with E-state index in [2.05, 4.69) is 5.32 Å². The number of anilines is 1. The lowest BCUT2D eigenvalue weighted by molar-refractivity contribution is -0.137. The Morgan fingerprint density at radius 2 is 1.77 bits per heavy atom. The molecular weight excluding hydrogens is 375 g/mol. The molecule has 0 aromatic heterocycles. The normalized spacial score (nSPS) is 11.0. The van der Waals surface area contributed by atoms with Crippen molar-refractivity contribution in [1.29, 1.82) is 0 Å². The number of benzene rings is 2. The van der Waals surface area contributed by atoms with Crippen LogP contribution in [0.4, 0.5) is 18.9 Å². The average molecular weight is 388 g/mol. The van der Waals surface area contributed by atoms with Crippen molar-refractivity contribution in [3.63, 3.8) is 0 Å². The van der Waals surface area contributed by atoms with E-state index in [1.165, 1.54) is 13.2 Å². The molecule has 1 N–H and O–H groups in total. The first-order chi connectivity index (χ1) is 12.2. The largest absolute Gasteiger partial charge is 0.495 e. The third-order valence-corrected chi connectivity index (χ3v) is 3.51. The van der Waals surface area contributed by atoms with Gasteiger partial charge in [0, 0.05) is 5.69 Å². The summed E-state index contributed by atoms with van der Waals surface area (Å²) in [5.41, 5.74) is -0.618. The minimum absolute atomic E-state index is 0.0988. The van der Waals surface area contributed by atoms with Gasteiger partial charge in [-0.2, -0.15) is 13.2 Å². The van der Waals surface area contributed by atoms with E-state index in [0.29, 0.717) is 11.4 Å². The average Bonchev–Trinajstić information content (AvgIpc) is 2.59. The van der Waals surface area contributed by atoms with Gasteiger partial charge in [0.15, 0.2) is 6.61 Å². The van der Waals surface area contributed by atoms with E-state index in [1.807, 2.05) is 0 Å². The van der Waals surface area contributed by atoms with E-state index in [4.69, 9.17) is 21.1 Å². The van der Waals surface area contributed by atoms with Gasteiger partial charge in [-0.1, -0.05) is 11.6 Å². The lowest BCUT2D eigenvalue weighted by Gasteiger charge is -2.09. The van der Waals surface area contributed by atoms with Gasteiger partial charge < -0.3 is 14.8 Å². The highest BCUT2D eigenvalue weighted by Crippen LogP contribution is 2.29. The van der Waals surface area contributed by atoms with Crippen LogP contribution in [0.1, 0.15) is 15.9 Å². The number of ether oxygens (including phenoxy) is 2. The third-order valence-electron chi connectivity index (χ3n) is 3.22. The molecule has 0 unspecified atom stereocenters. The summed E-state index contributed by atoms with van der Waals surface area (Å²) in [5.74, 6) is -1.12. The Kier molecular flexibility index (Phi) is 6.10. The molecule has 0 spiro atoms. The molecule has 0 bridgehead atoms. The number of hydrogen-bond acceptors (Lipinski definition) is 4. The summed E-state index contributed by atoms with van der Waals surface area (Å²) in [6.45, 7) is -0.608. The fourth-order valence-corrected chi connectivity index (χ4v) is 2.21. The van der Waals surface area contributed by atoms with Crippen LogP contribution in [0.15, 0.2) is 42.5 Å². The monoisotopic (exact) mass is 387 g/mol. The number of amides is 1. The lowest BCUT2D eigenvalue weighted by Crippen LogP contribution is -2.21. The number of methoxy groups -OCH3 is 1. The highest BCUT2D eigenvalue weighted by molar-refractivity contribution is 6.32. The molecule has 2 aromatic rings. The third kappa shape index (κ3) is 5.13. The predicted octanol–water partition coefficient (Wildman–Crippen LogP) is 4.16. The Hall–Kier alpha value is -2.74. The van der Waals surface area contributed by atoms with Crippen molar-refractivity contribution in [2.75, 3.05) is 19.0 Å². The maximum Gasteiger partial charge on any atom is 0.416 e. The van der Waals surface area contributed by atoms with Crippen LogP contribution >= 0.6 is 11.6 Å². The Balaban J connectivity index is 1.90. The second-order valence-electron chi connectivity index (χ2n) is 5.05. The van der Waals surface area contributed by atoms with Crippen LogP contribution < -0.4 is 10.1 Å². The lowest BCUT2D eigenvalue weighted by atomic mass is 10.1. The first kappa shape index (κ1) is 19.6. The molecule has 0 aliphatic carbocycles. The molecule has 0 heterocycles. The molecule has 26 heavy (non-hydrogen) atoms. The minimum atomic E-state index is -4.50. The van der Waals surface area contributed by atoms with Crippen LogP contribution in [0.3, 0.4) is 0 Å². The summed E-state index contributed by atoms with van der Waals surface area (Å²) in [6.07, 6.45) is -4.50. The fourth-order valence-electron chi connectivity index (χ4n) is 1.95. The van der Waals surface area contributed by atoms with Crippen LogP contribution in [-0.2, 0) is 15.7 Å². The SMILES string of the molecule is COc1ccc(NC(=O)COC(=O)c2ccc(C(F)(F)F)cc2)cc1Cl. The number of nitrogens with one attached hydrogen (secondary N) is 1. The number of alkyl halides is 3. The van der Waals surface area contributed by atoms with Gasteiger partial charge in [0.25, 0.3) is 5.91 Å². The molecule has 138 valence electrons. The van der Waals surface area contributed by atoms with Gasteiger partial charge in [-0.05, 0) is 42.5 Å². The Morgan fingerprint density at radius 3 is 2.31 bits per heavy atom. The first-order valence-electron chi connectivity index (χ1n) is 7.18. The zero-order chi connectivity index (χ0) is 19.3. The molecule has 0 saturated heterocycles. The van der Waals surface area contributed by atoms with Crippen molar-refractivity contribution >= 4 is 29.2 Å². The van der Waals surface area contributed by atoms with Gasteiger partial charge in [0.05, 0.1) is 23.3 Å². The summed E-state index contributed by atoms with van der Waals surface area (Å²) in [7, 11) is 1.44. The second kappa shape index (κ2) is 8.09. The van der Waals surface area contributed by atoms with Crippen molar-refractivity contribution in [2.24, 2.45) is 0 Å². The molecule has 0 saturated carbocycles. The quantitative estimate of drug-likeness (QED) is 0.782. The molecule has 0 fully saturated rings. The molecule has 0 atom stereocenters. The van der Waals surface area contributed by atoms with Gasteiger partial charge in [-0.25, -0.2) is 4.79 Å². The van der Waals surface area contributed by atoms with Crippen molar-refractivity contribution in [2.45, 2.75) is 6.18 Å². The van der Waals surface area contributed by atoms with Crippen LogP contribution in [-0.4, -0.2) is 25.6 Å². The van der Waals surface area contributed by atoms with Crippen LogP contribution in [0.5, 0.6) is 5.75 Å². The molecule has 0 radical (unpaired) electrons. The van der Waals surface area contributed by atoms with Crippen molar-refractivity contribution in [3.8, 4) is 5.75 Å². The van der Waals surface area contributed by atoms with Crippen LogP contribution in [0.2, 0.25) is 5.02 Å². The topological polar surface area (TPSA) is 64.6 Å². The minimum Gasteiger partial charge on any atom is -0.495 e. The summed E-state index contributed by atoms with van der Waals surface area (Å²) in [4.78, 5) is 23.6. The molecule has 2 rings (SSSR count). The summed E-state index contributed by atoms with van der Waals surface area (Å²) >= 11 is 5.92. The molecule has 0 aliphatic heterocycles. The summed E-state index contributed by atoms with van der Waals surface area (Å²) < 4.78 is 47.2. The van der Waals surface area contributed by atoms with Gasteiger partial charge in [0.2, 0.25) is 0 Å². The van der Waals surface area contributed by atoms with Crippen LogP contribution in [0.25, 0.3) is 0 Å². The summed E-state index contributed by atoms with van der Waals surface area (Å²) in [5, 5.41) is 2.75. The Labute approximate surface area is 151 Å². The van der Waals surface area contributed by atoms with Crippen LogP contribution in [0, 0.1) is 0 Å². The molecule has 5 nitrogen and oxygen atoms in total. The standard InChI is InChI=1S/C17H13ClF3NO4/c1-25-14-7-6-12(8-13(14)18)22-15(23)9-26-16(24)10-2-4-11(5-3-10)17(19,20)21/h2-8H,9H2,1H3,(H,22,23). The number of carbonyl (C=O) groups excluding carboxylic acids is 2. The molecule has 2 aromatic carbocycles. The van der Waals surface area contributed by atoms with Crippen molar-refractivity contribution in [3.05, 3.63) is 58.6 Å². The maximum atomic E-state index is 12.5. The van der Waals surface area contributed by atoms with E-state index >= 15 is 0 Å². The smallest absolute Gasteiger partial charge is 0.416 e. The van der Waals surface area contributed by atoms with E-state index in [9.17, 15) is 22.8 Å². The molecule has 1 amide bonds. The van der Waals surface area contributed by atoms with Gasteiger partial charge >= 0.3 is 12.1 Å². The number of esters is 1. The maximum absolute atomic E-state index is 12.5. The van der Waals surface area contributed by atoms with E-state index in [1.54, 1.807) is 12.1 Å². The van der Waals surface area contributed by atoms with Gasteiger partial charge in [-0.15, -0.1) is 0 Å². The Morgan fingerprint density at radius 1 is 1.12 bits per heavy atom. The van der Waals surface area contributed by atoms with Gasteiger partial charge in [-0.3, -0.25) is 4.79 Å². The first-order valence-corrected chi connectivity index (χ1v) is 7.56. The molecule has 0 aliphatic rings. The van der Waals surface area contributed by atoms with E-state index in [-0.39, 0.29) is 10.6 Å². The highest BCUT2D eigenvalue weighted by atomic mass is 35.5. The van der Waals surface area contributed by atoms with Crippen molar-refractivity contribution < 1.29 is 32.2 Å². The molecule has 9 heteroatoms. The number of halogens is 4. The van der Waals surface area contributed by atoms with E-state index < -0.39 is 30.2 Å². The van der Waals surface area contributed by atoms with Gasteiger partial charge in [0.1, 0.15) is 5.75 Å². The highest BCUT2D eigenvalue weighted by Gasteiger charge is 2.30. The second-order valence-corrected chi connectivity index (χ2v) is 5.46. The zero-order valence-corrected chi connectivity index (χ0v) is 14.1.